The third kappa shape index (κ3) is 5.13. The summed E-state index contributed by atoms with van der Waals surface area (Å²) >= 11 is 0. The van der Waals surface area contributed by atoms with Gasteiger partial charge in [0.05, 0.1) is 13.2 Å². The number of hydroxylamine groups is 2. The molecule has 1 aliphatic rings. The van der Waals surface area contributed by atoms with Gasteiger partial charge in [-0.15, -0.1) is 0 Å². The Hall–Kier alpha value is 0.830. The molecule has 0 spiro atoms. The van der Waals surface area contributed by atoms with E-state index in [9.17, 15) is 8.42 Å². The molecule has 1 heterocycles. The predicted molar refractivity (Wildman–Crippen MR) is 40.9 cm³/mol. The first-order valence-electron chi connectivity index (χ1n) is 2.94. The van der Waals surface area contributed by atoms with Crippen molar-refractivity contribution in [3.8, 4) is 0 Å². The van der Waals surface area contributed by atoms with Gasteiger partial charge in [-0.25, -0.2) is 8.42 Å². The van der Waals surface area contributed by atoms with Crippen molar-refractivity contribution in [2.24, 2.45) is 0 Å². The Morgan fingerprint density at radius 3 is 2.27 bits per heavy atom. The maximum absolute atomic E-state index is 10.00. The Morgan fingerprint density at radius 1 is 1.27 bits per heavy atom. The average Bonchev–Trinajstić information content (AvgIpc) is 1.88. The van der Waals surface area contributed by atoms with Crippen LogP contribution in [0.1, 0.15) is 0 Å². The monoisotopic (exact) mass is 191 g/mol. The molecular weight excluding hydrogens is 181 g/mol. The molecule has 5 nitrogen and oxygen atoms in total. The maximum atomic E-state index is 10.00. The Bertz CT molecular complexity index is 159. The zero-order valence-electron chi connectivity index (χ0n) is 5.36. The molecule has 0 N–H and O–H groups in total. The molecule has 0 atom stereocenters. The molecule has 1 aliphatic heterocycles. The van der Waals surface area contributed by atoms with Gasteiger partial charge in [0.2, 0.25) is 0 Å². The molecule has 0 bridgehead atoms. The second-order valence-electron chi connectivity index (χ2n) is 1.85. The Kier molecular flexibility index (Phi) is 6.84. The van der Waals surface area contributed by atoms with Crippen LogP contribution in [0, 0.1) is 0 Å². The average molecular weight is 191 g/mol. The van der Waals surface area contributed by atoms with Gasteiger partial charge < -0.3 is 4.74 Å². The van der Waals surface area contributed by atoms with Gasteiger partial charge in [0.15, 0.2) is 0 Å². The first-order chi connectivity index (χ1) is 4.79. The minimum atomic E-state index is -2.75. The molecule has 62 valence electrons. The van der Waals surface area contributed by atoms with Crippen LogP contribution in [0.5, 0.6) is 0 Å². The van der Waals surface area contributed by atoms with Crippen LogP contribution in [-0.2, 0) is 20.0 Å². The number of hydrogen-bond acceptors (Lipinski definition) is 5. The van der Waals surface area contributed by atoms with E-state index < -0.39 is 11.0 Å². The molecule has 0 aromatic heterocycles. The summed E-state index contributed by atoms with van der Waals surface area (Å²) in [6.45, 7) is 2.10. The van der Waals surface area contributed by atoms with Crippen molar-refractivity contribution in [1.82, 2.24) is 5.06 Å². The number of hydrogen-bond donors (Lipinski definition) is 1. The van der Waals surface area contributed by atoms with E-state index in [1.165, 1.54) is 5.06 Å². The summed E-state index contributed by atoms with van der Waals surface area (Å²) in [7, 11) is -2.75. The fourth-order valence-electron chi connectivity index (χ4n) is 0.723. The van der Waals surface area contributed by atoms with E-state index in [0.29, 0.717) is 26.3 Å². The molecule has 1 saturated heterocycles. The van der Waals surface area contributed by atoms with Crippen LogP contribution in [0.2, 0.25) is 0 Å². The molecular formula is C4H10NNaO4S. The summed E-state index contributed by atoms with van der Waals surface area (Å²) in [5.41, 5.74) is 0. The van der Waals surface area contributed by atoms with E-state index in [2.05, 4.69) is 4.28 Å². The quantitative estimate of drug-likeness (QED) is 0.409. The van der Waals surface area contributed by atoms with Crippen molar-refractivity contribution in [1.29, 1.82) is 0 Å². The predicted octanol–water partition coefficient (Wildman–Crippen LogP) is -1.87. The second-order valence-corrected chi connectivity index (χ2v) is 2.46. The van der Waals surface area contributed by atoms with Crippen LogP contribution in [0.25, 0.3) is 0 Å². The summed E-state index contributed by atoms with van der Waals surface area (Å²) < 4.78 is 29.4. The van der Waals surface area contributed by atoms with E-state index in [0.717, 1.165) is 0 Å². The first kappa shape index (κ1) is 11.8. The third-order valence-corrected chi connectivity index (χ3v) is 1.52. The molecule has 11 heavy (non-hydrogen) atoms. The van der Waals surface area contributed by atoms with Gasteiger partial charge in [-0.2, -0.15) is 9.35 Å². The van der Waals surface area contributed by atoms with E-state index in [1.807, 2.05) is 0 Å². The molecule has 0 radical (unpaired) electrons. The summed E-state index contributed by atoms with van der Waals surface area (Å²) in [5, 5.41) is 1.37. The SMILES string of the molecule is O=[SH](=O)ON1CCOCC1.[NaH]. The zero-order valence-corrected chi connectivity index (χ0v) is 6.25. The molecule has 1 fully saturated rings. The van der Waals surface area contributed by atoms with Crippen molar-refractivity contribution in [3.63, 3.8) is 0 Å². The van der Waals surface area contributed by atoms with Crippen LogP contribution in [0.15, 0.2) is 0 Å². The van der Waals surface area contributed by atoms with Gasteiger partial charge >= 0.3 is 29.6 Å². The molecule has 7 heteroatoms. The van der Waals surface area contributed by atoms with Crippen molar-refractivity contribution in [2.45, 2.75) is 0 Å². The van der Waals surface area contributed by atoms with Crippen molar-refractivity contribution in [3.05, 3.63) is 0 Å². The Labute approximate surface area is 89.0 Å². The third-order valence-electron chi connectivity index (χ3n) is 1.15. The van der Waals surface area contributed by atoms with Gasteiger partial charge in [0.25, 0.3) is 11.0 Å². The molecule has 0 aliphatic carbocycles. The molecule has 1 rings (SSSR count). The van der Waals surface area contributed by atoms with Gasteiger partial charge in [-0.3, -0.25) is 0 Å². The van der Waals surface area contributed by atoms with Crippen LogP contribution in [-0.4, -0.2) is 69.3 Å². The van der Waals surface area contributed by atoms with E-state index >= 15 is 0 Å². The van der Waals surface area contributed by atoms with Gasteiger partial charge in [0.1, 0.15) is 0 Å². The molecule has 0 amide bonds. The number of morpholine rings is 1. The summed E-state index contributed by atoms with van der Waals surface area (Å²) in [4.78, 5) is 0. The summed E-state index contributed by atoms with van der Waals surface area (Å²) in [6.07, 6.45) is 0. The Balaban J connectivity index is 0.000001000. The number of nitrogens with zero attached hydrogens (tertiary/aromatic N) is 1. The van der Waals surface area contributed by atoms with Crippen molar-refractivity contribution in [2.75, 3.05) is 26.3 Å². The number of thiol groups is 1. The van der Waals surface area contributed by atoms with Crippen LogP contribution in [0.3, 0.4) is 0 Å². The van der Waals surface area contributed by atoms with Crippen molar-refractivity contribution < 1.29 is 17.4 Å². The van der Waals surface area contributed by atoms with Crippen LogP contribution >= 0.6 is 0 Å². The van der Waals surface area contributed by atoms with E-state index in [-0.39, 0.29) is 29.6 Å². The first-order valence-corrected chi connectivity index (χ1v) is 4.04. The summed E-state index contributed by atoms with van der Waals surface area (Å²) in [5.74, 6) is 0. The topological polar surface area (TPSA) is 55.8 Å². The number of rotatable bonds is 2. The Morgan fingerprint density at radius 2 is 1.82 bits per heavy atom. The standard InChI is InChI=1S/C4H9NO4S.Na.H/c6-10(7)9-5-1-3-8-4-2-5;;/h10H,1-4H2;;. The van der Waals surface area contributed by atoms with Crippen LogP contribution in [0.4, 0.5) is 0 Å². The minimum absolute atomic E-state index is 0. The number of ether oxygens (including phenoxy) is 1. The van der Waals surface area contributed by atoms with Gasteiger partial charge in [-0.05, 0) is 0 Å². The molecule has 0 aromatic carbocycles. The molecule has 0 unspecified atom stereocenters. The zero-order chi connectivity index (χ0) is 7.40. The van der Waals surface area contributed by atoms with Crippen molar-refractivity contribution >= 4 is 40.5 Å². The van der Waals surface area contributed by atoms with E-state index in [4.69, 9.17) is 4.74 Å². The van der Waals surface area contributed by atoms with Gasteiger partial charge in [-0.1, -0.05) is 0 Å². The fourth-order valence-corrected chi connectivity index (χ4v) is 1.07. The van der Waals surface area contributed by atoms with Gasteiger partial charge in [0, 0.05) is 13.1 Å². The van der Waals surface area contributed by atoms with E-state index in [1.54, 1.807) is 0 Å². The normalized spacial score (nSPS) is 19.7. The molecule has 0 saturated carbocycles. The van der Waals surface area contributed by atoms with Crippen LogP contribution < -0.4 is 0 Å². The molecule has 0 aromatic rings. The summed E-state index contributed by atoms with van der Waals surface area (Å²) in [6, 6.07) is 0. The second kappa shape index (κ2) is 6.36. The fraction of sp³-hybridized carbons (Fsp3) is 1.00.